The number of fused-ring (bicyclic) bond motifs is 1. The molecule has 0 N–H and O–H groups in total. The highest BCUT2D eigenvalue weighted by Gasteiger charge is 2.77. The zero-order chi connectivity index (χ0) is 17.7. The summed E-state index contributed by atoms with van der Waals surface area (Å²) in [4.78, 5) is 26.4. The third-order valence-electron chi connectivity index (χ3n) is 5.41. The minimum absolute atomic E-state index is 0.0411. The lowest BCUT2D eigenvalue weighted by molar-refractivity contribution is 0.0741. The maximum Gasteiger partial charge on any atom is 0.211 e. The van der Waals surface area contributed by atoms with Crippen LogP contribution in [0.5, 0.6) is 5.75 Å². The van der Waals surface area contributed by atoms with Crippen LogP contribution < -0.4 is 4.74 Å². The minimum Gasteiger partial charge on any atom is -0.477 e. The third-order valence-corrected chi connectivity index (χ3v) is 5.41. The van der Waals surface area contributed by atoms with Gasteiger partial charge in [-0.25, -0.2) is 0 Å². The molecule has 0 unspecified atom stereocenters. The highest BCUT2D eigenvalue weighted by molar-refractivity contribution is 6.17. The summed E-state index contributed by atoms with van der Waals surface area (Å²) in [5.41, 5.74) is 1.03. The first-order valence-corrected chi connectivity index (χ1v) is 8.70. The maximum absolute atomic E-state index is 13.2. The van der Waals surface area contributed by atoms with Crippen molar-refractivity contribution >= 4 is 11.6 Å². The molecule has 1 fully saturated rings. The predicted octanol–water partition coefficient (Wildman–Crippen LogP) is 4.30. The Hall–Kier alpha value is -3.20. The number of ketones is 2. The fourth-order valence-electron chi connectivity index (χ4n) is 4.18. The predicted molar refractivity (Wildman–Crippen MR) is 97.6 cm³/mol. The Morgan fingerprint density at radius 1 is 0.808 bits per heavy atom. The van der Waals surface area contributed by atoms with Crippen LogP contribution >= 0.6 is 0 Å². The monoisotopic (exact) mass is 340 g/mol. The molecule has 1 spiro atoms. The van der Waals surface area contributed by atoms with Crippen LogP contribution in [0, 0.1) is 5.92 Å². The lowest BCUT2D eigenvalue weighted by atomic mass is 10.0. The lowest BCUT2D eigenvalue weighted by Crippen LogP contribution is -2.29. The van der Waals surface area contributed by atoms with Gasteiger partial charge in [0.25, 0.3) is 0 Å². The van der Waals surface area contributed by atoms with Gasteiger partial charge in [0.15, 0.2) is 11.4 Å². The number of ether oxygens (including phenoxy) is 1. The molecule has 2 aliphatic rings. The van der Waals surface area contributed by atoms with E-state index < -0.39 is 11.5 Å². The molecular formula is C23H16O3. The van der Waals surface area contributed by atoms with Gasteiger partial charge in [0.05, 0.1) is 11.5 Å². The van der Waals surface area contributed by atoms with Crippen molar-refractivity contribution in [1.82, 2.24) is 0 Å². The smallest absolute Gasteiger partial charge is 0.211 e. The maximum atomic E-state index is 13.2. The van der Waals surface area contributed by atoms with Gasteiger partial charge in [-0.1, -0.05) is 72.8 Å². The van der Waals surface area contributed by atoms with Crippen LogP contribution in [-0.4, -0.2) is 17.2 Å². The Labute approximate surface area is 151 Å². The number of Topliss-reactive ketones (excluding diaryl/α,β-unsaturated/α-hetero) is 2. The second kappa shape index (κ2) is 5.40. The summed E-state index contributed by atoms with van der Waals surface area (Å²) < 4.78 is 6.17. The first-order valence-electron chi connectivity index (χ1n) is 8.70. The summed E-state index contributed by atoms with van der Waals surface area (Å²) in [5.74, 6) is -0.331. The van der Waals surface area contributed by atoms with Crippen LogP contribution in [0.1, 0.15) is 32.2 Å². The summed E-state index contributed by atoms with van der Waals surface area (Å²) in [5, 5.41) is 0. The molecular weight excluding hydrogens is 324 g/mol. The van der Waals surface area contributed by atoms with Gasteiger partial charge < -0.3 is 4.74 Å². The molecule has 3 aromatic rings. The number of carbonyl (C=O) groups is 2. The fourth-order valence-corrected chi connectivity index (χ4v) is 4.18. The normalized spacial score (nSPS) is 25.6. The average Bonchev–Trinajstić information content (AvgIpc) is 3.28. The van der Waals surface area contributed by atoms with E-state index in [1.807, 2.05) is 60.7 Å². The van der Waals surface area contributed by atoms with Crippen molar-refractivity contribution in [1.29, 1.82) is 0 Å². The molecule has 0 aromatic heterocycles. The van der Waals surface area contributed by atoms with Crippen LogP contribution in [0.3, 0.4) is 0 Å². The summed E-state index contributed by atoms with van der Waals surface area (Å²) in [6, 6.07) is 26.1. The van der Waals surface area contributed by atoms with Gasteiger partial charge in [0.1, 0.15) is 5.75 Å². The van der Waals surface area contributed by atoms with Gasteiger partial charge in [-0.15, -0.1) is 0 Å². The molecule has 1 aliphatic heterocycles. The molecule has 3 nitrogen and oxygen atoms in total. The first-order chi connectivity index (χ1) is 12.7. The largest absolute Gasteiger partial charge is 0.477 e. The summed E-state index contributed by atoms with van der Waals surface area (Å²) in [6.07, 6.45) is 0. The molecule has 0 amide bonds. The summed E-state index contributed by atoms with van der Waals surface area (Å²) >= 11 is 0. The van der Waals surface area contributed by atoms with Gasteiger partial charge in [0, 0.05) is 11.5 Å². The van der Waals surface area contributed by atoms with E-state index in [2.05, 4.69) is 0 Å². The molecule has 0 saturated heterocycles. The molecule has 1 saturated carbocycles. The second-order valence-electron chi connectivity index (χ2n) is 6.82. The molecule has 3 atom stereocenters. The zero-order valence-corrected chi connectivity index (χ0v) is 14.0. The van der Waals surface area contributed by atoms with E-state index in [9.17, 15) is 9.59 Å². The van der Waals surface area contributed by atoms with Gasteiger partial charge >= 0.3 is 0 Å². The Kier molecular flexibility index (Phi) is 3.13. The van der Waals surface area contributed by atoms with Crippen LogP contribution in [0.25, 0.3) is 0 Å². The van der Waals surface area contributed by atoms with Crippen molar-refractivity contribution < 1.29 is 14.3 Å². The van der Waals surface area contributed by atoms with E-state index in [4.69, 9.17) is 4.74 Å². The van der Waals surface area contributed by atoms with Crippen molar-refractivity contribution in [3.05, 3.63) is 102 Å². The standard InChI is InChI=1S/C23H16O3/c24-21(16-11-5-2-6-12-16)20-19(15-9-3-1-4-10-15)23(20)22(25)17-13-7-8-14-18(17)26-23/h1-14,19-20H/t19-,20-,23-/m1/s1. The van der Waals surface area contributed by atoms with Gasteiger partial charge in [0.2, 0.25) is 5.78 Å². The SMILES string of the molecule is O=C(c1ccccc1)[C@H]1[C@@H](c2ccccc2)[C@@]12Oc1ccccc1C2=O. The Balaban J connectivity index is 1.62. The lowest BCUT2D eigenvalue weighted by Gasteiger charge is -2.10. The Bertz CT molecular complexity index is 1010. The van der Waals surface area contributed by atoms with Gasteiger partial charge in [-0.3, -0.25) is 9.59 Å². The first kappa shape index (κ1) is 15.1. The van der Waals surface area contributed by atoms with E-state index in [1.54, 1.807) is 24.3 Å². The highest BCUT2D eigenvalue weighted by Crippen LogP contribution is 2.65. The van der Waals surface area contributed by atoms with Gasteiger partial charge in [-0.2, -0.15) is 0 Å². The van der Waals surface area contributed by atoms with E-state index >= 15 is 0 Å². The molecule has 0 radical (unpaired) electrons. The van der Waals surface area contributed by atoms with E-state index in [0.717, 1.165) is 5.56 Å². The van der Waals surface area contributed by atoms with Crippen molar-refractivity contribution in [3.8, 4) is 5.75 Å². The molecule has 1 heterocycles. The van der Waals surface area contributed by atoms with E-state index in [-0.39, 0.29) is 17.5 Å². The Morgan fingerprint density at radius 2 is 1.42 bits per heavy atom. The molecule has 3 heteroatoms. The number of hydrogen-bond donors (Lipinski definition) is 0. The highest BCUT2D eigenvalue weighted by atomic mass is 16.5. The van der Waals surface area contributed by atoms with Crippen LogP contribution in [0.15, 0.2) is 84.9 Å². The van der Waals surface area contributed by atoms with Crippen LogP contribution in [-0.2, 0) is 0 Å². The number of benzene rings is 3. The zero-order valence-electron chi connectivity index (χ0n) is 14.0. The minimum atomic E-state index is -1.11. The van der Waals surface area contributed by atoms with Crippen molar-refractivity contribution in [2.75, 3.05) is 0 Å². The molecule has 126 valence electrons. The number of hydrogen-bond acceptors (Lipinski definition) is 3. The van der Waals surface area contributed by atoms with Crippen LogP contribution in [0.4, 0.5) is 0 Å². The molecule has 26 heavy (non-hydrogen) atoms. The average molecular weight is 340 g/mol. The van der Waals surface area contributed by atoms with E-state index in [1.165, 1.54) is 0 Å². The molecule has 0 bridgehead atoms. The van der Waals surface area contributed by atoms with Crippen molar-refractivity contribution in [2.24, 2.45) is 5.92 Å². The second-order valence-corrected chi connectivity index (χ2v) is 6.82. The number of para-hydroxylation sites is 1. The third kappa shape index (κ3) is 1.94. The number of rotatable bonds is 3. The molecule has 1 aliphatic carbocycles. The van der Waals surface area contributed by atoms with E-state index in [0.29, 0.717) is 16.9 Å². The van der Waals surface area contributed by atoms with Crippen molar-refractivity contribution in [3.63, 3.8) is 0 Å². The number of carbonyl (C=O) groups excluding carboxylic acids is 2. The summed E-state index contributed by atoms with van der Waals surface area (Å²) in [7, 11) is 0. The topological polar surface area (TPSA) is 43.4 Å². The van der Waals surface area contributed by atoms with Gasteiger partial charge in [-0.05, 0) is 17.7 Å². The quantitative estimate of drug-likeness (QED) is 0.668. The summed E-state index contributed by atoms with van der Waals surface area (Å²) in [6.45, 7) is 0. The molecule has 3 aromatic carbocycles. The fraction of sp³-hybridized carbons (Fsp3) is 0.130. The molecule has 5 rings (SSSR count). The Morgan fingerprint density at radius 3 is 2.12 bits per heavy atom. The van der Waals surface area contributed by atoms with Crippen LogP contribution in [0.2, 0.25) is 0 Å². The van der Waals surface area contributed by atoms with Crippen molar-refractivity contribution in [2.45, 2.75) is 11.5 Å².